The summed E-state index contributed by atoms with van der Waals surface area (Å²) in [6.07, 6.45) is 2.37. The van der Waals surface area contributed by atoms with Crippen LogP contribution in [0.15, 0.2) is 64.9 Å². The van der Waals surface area contributed by atoms with Crippen molar-refractivity contribution in [1.82, 2.24) is 29.5 Å². The van der Waals surface area contributed by atoms with Gasteiger partial charge in [-0.15, -0.1) is 11.3 Å². The number of nitrogens with zero attached hydrogens (tertiary/aromatic N) is 5. The Morgan fingerprint density at radius 2 is 1.94 bits per heavy atom. The first-order valence-corrected chi connectivity index (χ1v) is 12.3. The van der Waals surface area contributed by atoms with E-state index >= 15 is 0 Å². The third kappa shape index (κ3) is 4.55. The topological polar surface area (TPSA) is 94.2 Å². The fourth-order valence-electron chi connectivity index (χ4n) is 4.09. The van der Waals surface area contributed by atoms with Gasteiger partial charge < -0.3 is 5.32 Å². The van der Waals surface area contributed by atoms with Crippen molar-refractivity contribution in [3.63, 3.8) is 0 Å². The average Bonchev–Trinajstić information content (AvgIpc) is 3.43. The van der Waals surface area contributed by atoms with E-state index in [9.17, 15) is 14.0 Å². The van der Waals surface area contributed by atoms with Crippen molar-refractivity contribution in [2.45, 2.75) is 26.7 Å². The Labute approximate surface area is 210 Å². The van der Waals surface area contributed by atoms with Gasteiger partial charge in [-0.3, -0.25) is 19.0 Å². The lowest BCUT2D eigenvalue weighted by molar-refractivity contribution is -0.120. The fraction of sp³-hybridized carbons (Fsp3) is 0.192. The molecule has 0 fully saturated rings. The molecule has 5 aromatic rings. The third-order valence-corrected chi connectivity index (χ3v) is 6.69. The van der Waals surface area contributed by atoms with Crippen LogP contribution in [0.25, 0.3) is 21.9 Å². The van der Waals surface area contributed by atoms with E-state index in [1.807, 2.05) is 18.2 Å². The van der Waals surface area contributed by atoms with Crippen LogP contribution in [-0.4, -0.2) is 36.6 Å². The Balaban J connectivity index is 1.43. The largest absolute Gasteiger partial charge is 0.355 e. The molecule has 4 aromatic heterocycles. The molecule has 10 heteroatoms. The van der Waals surface area contributed by atoms with Crippen molar-refractivity contribution >= 4 is 22.2 Å². The second-order valence-electron chi connectivity index (χ2n) is 8.35. The number of amides is 1. The summed E-state index contributed by atoms with van der Waals surface area (Å²) in [5.41, 5.74) is 3.35. The summed E-state index contributed by atoms with van der Waals surface area (Å²) in [7, 11) is 0. The maximum atomic E-state index is 14.4. The van der Waals surface area contributed by atoms with E-state index in [1.165, 1.54) is 26.5 Å². The molecule has 0 radical (unpaired) electrons. The minimum atomic E-state index is -0.411. The molecular weight excluding hydrogens is 479 g/mol. The number of nitrogens with one attached hydrogen (secondary N) is 1. The maximum absolute atomic E-state index is 14.4. The predicted octanol–water partition coefficient (Wildman–Crippen LogP) is 3.66. The molecule has 0 bridgehead atoms. The van der Waals surface area contributed by atoms with Crippen LogP contribution in [0.4, 0.5) is 4.39 Å². The minimum absolute atomic E-state index is 0.0367. The molecule has 0 atom stereocenters. The van der Waals surface area contributed by atoms with E-state index in [-0.39, 0.29) is 17.9 Å². The van der Waals surface area contributed by atoms with Gasteiger partial charge in [0.25, 0.3) is 5.56 Å². The van der Waals surface area contributed by atoms with E-state index < -0.39 is 5.82 Å². The van der Waals surface area contributed by atoms with Gasteiger partial charge in [0, 0.05) is 41.6 Å². The molecule has 5 rings (SSSR count). The van der Waals surface area contributed by atoms with Gasteiger partial charge in [0.15, 0.2) is 4.96 Å². The number of para-hydroxylation sites is 1. The molecule has 0 spiro atoms. The molecule has 4 heterocycles. The number of carbonyl (C=O) groups is 1. The highest BCUT2D eigenvalue weighted by Gasteiger charge is 2.20. The highest BCUT2D eigenvalue weighted by atomic mass is 32.1. The lowest BCUT2D eigenvalue weighted by Crippen LogP contribution is -2.29. The van der Waals surface area contributed by atoms with Gasteiger partial charge in [0.05, 0.1) is 17.7 Å². The Kier molecular flexibility index (Phi) is 6.43. The first-order valence-electron chi connectivity index (χ1n) is 11.4. The first-order chi connectivity index (χ1) is 17.4. The normalized spacial score (nSPS) is 11.2. The zero-order valence-corrected chi connectivity index (χ0v) is 20.6. The van der Waals surface area contributed by atoms with Gasteiger partial charge in [-0.1, -0.05) is 18.2 Å². The summed E-state index contributed by atoms with van der Waals surface area (Å²) in [5, 5.41) is 9.18. The molecule has 182 valence electrons. The Morgan fingerprint density at radius 3 is 2.72 bits per heavy atom. The van der Waals surface area contributed by atoms with Crippen LogP contribution in [0.2, 0.25) is 0 Å². The van der Waals surface area contributed by atoms with Gasteiger partial charge in [-0.05, 0) is 44.2 Å². The second kappa shape index (κ2) is 9.82. The standard InChI is InChI=1S/C26H23FN6O2S/c1-16-13-21(31-33(16)22-9-4-3-8-20(22)27)24-17(2)30-26-32(25(24)35)19(15-36-26)14-23(34)29-12-10-18-7-5-6-11-28-18/h3-9,11,13,15H,10,12,14H2,1-2H3,(H,29,34). The van der Waals surface area contributed by atoms with Crippen LogP contribution < -0.4 is 10.9 Å². The summed E-state index contributed by atoms with van der Waals surface area (Å²) < 4.78 is 17.3. The molecule has 8 nitrogen and oxygen atoms in total. The lowest BCUT2D eigenvalue weighted by Gasteiger charge is -2.07. The average molecular weight is 503 g/mol. The SMILES string of the molecule is Cc1nc2scc(CC(=O)NCCc3ccccn3)n2c(=O)c1-c1cc(C)n(-c2ccccc2F)n1. The van der Waals surface area contributed by atoms with Crippen molar-refractivity contribution < 1.29 is 9.18 Å². The number of carbonyl (C=O) groups excluding carboxylic acids is 1. The molecule has 0 aliphatic carbocycles. The van der Waals surface area contributed by atoms with Crippen molar-refractivity contribution in [3.05, 3.63) is 99.1 Å². The number of pyridine rings is 1. The van der Waals surface area contributed by atoms with Crippen molar-refractivity contribution in [1.29, 1.82) is 0 Å². The maximum Gasteiger partial charge on any atom is 0.268 e. The number of fused-ring (bicyclic) bond motifs is 1. The van der Waals surface area contributed by atoms with E-state index in [0.717, 1.165) is 5.69 Å². The van der Waals surface area contributed by atoms with E-state index in [2.05, 4.69) is 20.4 Å². The van der Waals surface area contributed by atoms with E-state index in [1.54, 1.807) is 49.7 Å². The number of hydrogen-bond acceptors (Lipinski definition) is 6. The third-order valence-electron chi connectivity index (χ3n) is 5.82. The Morgan fingerprint density at radius 1 is 1.14 bits per heavy atom. The number of thiazole rings is 1. The number of hydrogen-bond donors (Lipinski definition) is 1. The molecule has 36 heavy (non-hydrogen) atoms. The zero-order chi connectivity index (χ0) is 25.2. The molecular formula is C26H23FN6O2S. The quantitative estimate of drug-likeness (QED) is 0.367. The number of rotatable bonds is 7. The summed E-state index contributed by atoms with van der Waals surface area (Å²) in [6, 6.07) is 13.7. The summed E-state index contributed by atoms with van der Waals surface area (Å²) in [4.78, 5) is 35.5. The number of halogens is 1. The van der Waals surface area contributed by atoms with E-state index in [0.29, 0.717) is 52.0 Å². The molecule has 1 N–H and O–H groups in total. The summed E-state index contributed by atoms with van der Waals surface area (Å²) in [6.45, 7) is 3.99. The monoisotopic (exact) mass is 502 g/mol. The van der Waals surface area contributed by atoms with Gasteiger partial charge in [-0.25, -0.2) is 14.1 Å². The smallest absolute Gasteiger partial charge is 0.268 e. The number of benzene rings is 1. The number of aromatic nitrogens is 5. The summed E-state index contributed by atoms with van der Waals surface area (Å²) in [5.74, 6) is -0.606. The van der Waals surface area contributed by atoms with Crippen LogP contribution in [0, 0.1) is 19.7 Å². The molecule has 0 saturated carbocycles. The molecule has 1 aromatic carbocycles. The highest BCUT2D eigenvalue weighted by molar-refractivity contribution is 7.15. The first kappa shape index (κ1) is 23.6. The molecule has 0 unspecified atom stereocenters. The van der Waals surface area contributed by atoms with Crippen LogP contribution in [0.5, 0.6) is 0 Å². The molecule has 1 amide bonds. The molecule has 0 saturated heterocycles. The fourth-order valence-corrected chi connectivity index (χ4v) is 5.02. The van der Waals surface area contributed by atoms with Gasteiger partial charge in [-0.2, -0.15) is 5.10 Å². The predicted molar refractivity (Wildman–Crippen MR) is 136 cm³/mol. The van der Waals surface area contributed by atoms with Crippen molar-refractivity contribution in [2.24, 2.45) is 0 Å². The van der Waals surface area contributed by atoms with Gasteiger partial charge in [0.2, 0.25) is 5.91 Å². The number of aryl methyl sites for hydroxylation is 2. The molecule has 0 aliphatic heterocycles. The van der Waals surface area contributed by atoms with Gasteiger partial charge in [0.1, 0.15) is 17.2 Å². The van der Waals surface area contributed by atoms with E-state index in [4.69, 9.17) is 0 Å². The van der Waals surface area contributed by atoms with Crippen molar-refractivity contribution in [3.8, 4) is 16.9 Å². The van der Waals surface area contributed by atoms with Gasteiger partial charge >= 0.3 is 0 Å². The Bertz CT molecular complexity index is 1620. The van der Waals surface area contributed by atoms with Crippen LogP contribution in [0.3, 0.4) is 0 Å². The van der Waals surface area contributed by atoms with Crippen LogP contribution >= 0.6 is 11.3 Å². The zero-order valence-electron chi connectivity index (χ0n) is 19.7. The van der Waals surface area contributed by atoms with Crippen LogP contribution in [0.1, 0.15) is 22.8 Å². The molecule has 0 aliphatic rings. The van der Waals surface area contributed by atoms with Crippen molar-refractivity contribution in [2.75, 3.05) is 6.54 Å². The second-order valence-corrected chi connectivity index (χ2v) is 9.19. The minimum Gasteiger partial charge on any atom is -0.355 e. The lowest BCUT2D eigenvalue weighted by atomic mass is 10.1. The summed E-state index contributed by atoms with van der Waals surface area (Å²) >= 11 is 1.30. The Hall–Kier alpha value is -4.18. The highest BCUT2D eigenvalue weighted by Crippen LogP contribution is 2.24. The van der Waals surface area contributed by atoms with Crippen LogP contribution in [-0.2, 0) is 17.6 Å².